The van der Waals surface area contributed by atoms with Crippen LogP contribution >= 0.6 is 0 Å². The van der Waals surface area contributed by atoms with Crippen molar-refractivity contribution in [2.24, 2.45) is 5.92 Å². The van der Waals surface area contributed by atoms with Gasteiger partial charge >= 0.3 is 0 Å². The predicted molar refractivity (Wildman–Crippen MR) is 78.9 cm³/mol. The zero-order valence-electron chi connectivity index (χ0n) is 12.6. The van der Waals surface area contributed by atoms with Crippen molar-refractivity contribution < 1.29 is 0 Å². The zero-order valence-corrected chi connectivity index (χ0v) is 12.6. The molecule has 18 heavy (non-hydrogen) atoms. The van der Waals surface area contributed by atoms with E-state index in [1.807, 2.05) is 0 Å². The van der Waals surface area contributed by atoms with E-state index in [4.69, 9.17) is 0 Å². The first kappa shape index (κ1) is 14.3. The number of nitrogens with one attached hydrogen (secondary N) is 1. The van der Waals surface area contributed by atoms with Crippen LogP contribution < -0.4 is 5.32 Å². The molecule has 1 aliphatic heterocycles. The van der Waals surface area contributed by atoms with E-state index in [2.05, 4.69) is 31.0 Å². The highest BCUT2D eigenvalue weighted by atomic mass is 15.2. The van der Waals surface area contributed by atoms with Crippen molar-refractivity contribution >= 4 is 0 Å². The van der Waals surface area contributed by atoms with Crippen molar-refractivity contribution in [1.29, 1.82) is 0 Å². The third kappa shape index (κ3) is 3.27. The van der Waals surface area contributed by atoms with Crippen LogP contribution in [0.2, 0.25) is 0 Å². The van der Waals surface area contributed by atoms with Gasteiger partial charge in [-0.3, -0.25) is 4.90 Å². The maximum atomic E-state index is 3.68. The molecule has 1 aliphatic carbocycles. The summed E-state index contributed by atoms with van der Waals surface area (Å²) >= 11 is 0. The fourth-order valence-electron chi connectivity index (χ4n) is 4.00. The van der Waals surface area contributed by atoms with Gasteiger partial charge in [-0.2, -0.15) is 0 Å². The molecule has 1 N–H and O–H groups in total. The van der Waals surface area contributed by atoms with E-state index in [1.165, 1.54) is 51.5 Å². The van der Waals surface area contributed by atoms with E-state index in [0.717, 1.165) is 18.5 Å². The fraction of sp³-hybridized carbons (Fsp3) is 1.00. The van der Waals surface area contributed by atoms with Crippen LogP contribution in [0, 0.1) is 5.92 Å². The molecule has 3 unspecified atom stereocenters. The molecule has 0 bridgehead atoms. The van der Waals surface area contributed by atoms with Gasteiger partial charge in [0.25, 0.3) is 0 Å². The standard InChI is InChI=1S/C16H32N2/c1-4-11-17-13(2)14(3)18-12-7-10-16(18)15-8-5-6-9-15/h13-17H,4-12H2,1-3H3. The topological polar surface area (TPSA) is 15.3 Å². The maximum absolute atomic E-state index is 3.68. The smallest absolute Gasteiger partial charge is 0.0221 e. The van der Waals surface area contributed by atoms with Crippen LogP contribution in [0.15, 0.2) is 0 Å². The quantitative estimate of drug-likeness (QED) is 0.779. The third-order valence-electron chi connectivity index (χ3n) is 5.25. The Kier molecular flexibility index (Phi) is 5.50. The first-order valence-corrected chi connectivity index (χ1v) is 8.23. The summed E-state index contributed by atoms with van der Waals surface area (Å²) < 4.78 is 0. The molecule has 2 rings (SSSR count). The van der Waals surface area contributed by atoms with Crippen LogP contribution in [-0.2, 0) is 0 Å². The Balaban J connectivity index is 1.88. The minimum Gasteiger partial charge on any atom is -0.313 e. The second kappa shape index (κ2) is 6.91. The van der Waals surface area contributed by atoms with Crippen molar-refractivity contribution in [2.75, 3.05) is 13.1 Å². The minimum absolute atomic E-state index is 0.631. The molecule has 0 spiro atoms. The van der Waals surface area contributed by atoms with Crippen LogP contribution in [0.25, 0.3) is 0 Å². The highest BCUT2D eigenvalue weighted by Crippen LogP contribution is 2.36. The Labute approximate surface area is 114 Å². The highest BCUT2D eigenvalue weighted by Gasteiger charge is 2.36. The van der Waals surface area contributed by atoms with Crippen LogP contribution in [-0.4, -0.2) is 36.1 Å². The lowest BCUT2D eigenvalue weighted by atomic mass is 9.94. The van der Waals surface area contributed by atoms with Gasteiger partial charge in [0.15, 0.2) is 0 Å². The van der Waals surface area contributed by atoms with Crippen LogP contribution in [0.3, 0.4) is 0 Å². The number of rotatable bonds is 6. The van der Waals surface area contributed by atoms with Gasteiger partial charge in [0.05, 0.1) is 0 Å². The Morgan fingerprint density at radius 3 is 2.50 bits per heavy atom. The molecule has 2 nitrogen and oxygen atoms in total. The molecule has 0 aromatic rings. The Morgan fingerprint density at radius 2 is 1.83 bits per heavy atom. The Morgan fingerprint density at radius 1 is 1.11 bits per heavy atom. The first-order chi connectivity index (χ1) is 8.74. The number of nitrogens with zero attached hydrogens (tertiary/aromatic N) is 1. The molecule has 2 aliphatic rings. The van der Waals surface area contributed by atoms with Crippen molar-refractivity contribution in [1.82, 2.24) is 10.2 Å². The summed E-state index contributed by atoms with van der Waals surface area (Å²) in [4.78, 5) is 2.82. The SMILES string of the molecule is CCCNC(C)C(C)N1CCCC1C1CCCC1. The summed E-state index contributed by atoms with van der Waals surface area (Å²) in [5.74, 6) is 1.01. The lowest BCUT2D eigenvalue weighted by Gasteiger charge is -2.37. The molecule has 2 heteroatoms. The first-order valence-electron chi connectivity index (χ1n) is 8.23. The van der Waals surface area contributed by atoms with Crippen LogP contribution in [0.1, 0.15) is 65.7 Å². The molecule has 2 fully saturated rings. The molecule has 0 radical (unpaired) electrons. The van der Waals surface area contributed by atoms with Gasteiger partial charge in [0.2, 0.25) is 0 Å². The summed E-state index contributed by atoms with van der Waals surface area (Å²) in [6.45, 7) is 9.54. The van der Waals surface area contributed by atoms with Crippen molar-refractivity contribution in [2.45, 2.75) is 83.8 Å². The lowest BCUT2D eigenvalue weighted by molar-refractivity contribution is 0.121. The normalized spacial score (nSPS) is 29.8. The van der Waals surface area contributed by atoms with Crippen LogP contribution in [0.4, 0.5) is 0 Å². The Bertz CT molecular complexity index is 235. The average molecular weight is 252 g/mol. The van der Waals surface area contributed by atoms with Gasteiger partial charge in [-0.05, 0) is 65.0 Å². The van der Waals surface area contributed by atoms with E-state index in [0.29, 0.717) is 12.1 Å². The molecular formula is C16H32N2. The minimum atomic E-state index is 0.631. The van der Waals surface area contributed by atoms with E-state index < -0.39 is 0 Å². The molecule has 1 saturated heterocycles. The Hall–Kier alpha value is -0.0800. The lowest BCUT2D eigenvalue weighted by Crippen LogP contribution is -2.50. The zero-order chi connectivity index (χ0) is 13.0. The van der Waals surface area contributed by atoms with Crippen molar-refractivity contribution in [3.63, 3.8) is 0 Å². The second-order valence-corrected chi connectivity index (χ2v) is 6.48. The second-order valence-electron chi connectivity index (χ2n) is 6.48. The van der Waals surface area contributed by atoms with Crippen LogP contribution in [0.5, 0.6) is 0 Å². The van der Waals surface area contributed by atoms with Gasteiger partial charge in [-0.25, -0.2) is 0 Å². The molecule has 0 amide bonds. The fourth-order valence-corrected chi connectivity index (χ4v) is 4.00. The monoisotopic (exact) mass is 252 g/mol. The van der Waals surface area contributed by atoms with Gasteiger partial charge in [-0.15, -0.1) is 0 Å². The van der Waals surface area contributed by atoms with Gasteiger partial charge < -0.3 is 5.32 Å². The molecule has 106 valence electrons. The average Bonchev–Trinajstić information content (AvgIpc) is 3.03. The molecule has 1 heterocycles. The molecule has 0 aromatic carbocycles. The van der Waals surface area contributed by atoms with E-state index in [1.54, 1.807) is 0 Å². The van der Waals surface area contributed by atoms with Crippen molar-refractivity contribution in [3.8, 4) is 0 Å². The number of hydrogen-bond donors (Lipinski definition) is 1. The molecule has 1 saturated carbocycles. The van der Waals surface area contributed by atoms with E-state index in [-0.39, 0.29) is 0 Å². The van der Waals surface area contributed by atoms with E-state index >= 15 is 0 Å². The molecular weight excluding hydrogens is 220 g/mol. The van der Waals surface area contributed by atoms with Gasteiger partial charge in [-0.1, -0.05) is 19.8 Å². The maximum Gasteiger partial charge on any atom is 0.0221 e. The van der Waals surface area contributed by atoms with Gasteiger partial charge in [0.1, 0.15) is 0 Å². The summed E-state index contributed by atoms with van der Waals surface area (Å²) in [6.07, 6.45) is 10.1. The van der Waals surface area contributed by atoms with Crippen molar-refractivity contribution in [3.05, 3.63) is 0 Å². The largest absolute Gasteiger partial charge is 0.313 e. The predicted octanol–water partition coefficient (Wildman–Crippen LogP) is 3.42. The van der Waals surface area contributed by atoms with E-state index in [9.17, 15) is 0 Å². The summed E-state index contributed by atoms with van der Waals surface area (Å²) in [5, 5.41) is 3.68. The highest BCUT2D eigenvalue weighted by molar-refractivity contribution is 4.92. The summed E-state index contributed by atoms with van der Waals surface area (Å²) in [6, 6.07) is 2.23. The number of hydrogen-bond acceptors (Lipinski definition) is 2. The summed E-state index contributed by atoms with van der Waals surface area (Å²) in [7, 11) is 0. The number of likely N-dealkylation sites (tertiary alicyclic amines) is 1. The van der Waals surface area contributed by atoms with Gasteiger partial charge in [0, 0.05) is 18.1 Å². The molecule has 0 aromatic heterocycles. The third-order valence-corrected chi connectivity index (χ3v) is 5.25. The molecule has 3 atom stereocenters. The summed E-state index contributed by atoms with van der Waals surface area (Å²) in [5.41, 5.74) is 0.